The van der Waals surface area contributed by atoms with Crippen LogP contribution in [-0.4, -0.2) is 34.7 Å². The fourth-order valence-corrected chi connectivity index (χ4v) is 4.25. The molecule has 1 amide bonds. The lowest BCUT2D eigenvalue weighted by Gasteiger charge is -2.22. The van der Waals surface area contributed by atoms with Gasteiger partial charge in [-0.3, -0.25) is 4.79 Å². The predicted octanol–water partition coefficient (Wildman–Crippen LogP) is 2.16. The van der Waals surface area contributed by atoms with E-state index < -0.39 is 5.60 Å². The zero-order chi connectivity index (χ0) is 14.0. The Morgan fingerprint density at radius 1 is 1.30 bits per heavy atom. The minimum atomic E-state index is -0.714. The second-order valence-corrected chi connectivity index (χ2v) is 7.01. The first-order chi connectivity index (χ1) is 9.66. The van der Waals surface area contributed by atoms with Crippen LogP contribution in [0.25, 0.3) is 0 Å². The van der Waals surface area contributed by atoms with Crippen molar-refractivity contribution in [1.29, 1.82) is 0 Å². The average Bonchev–Trinajstić information content (AvgIpc) is 2.91. The van der Waals surface area contributed by atoms with E-state index in [0.29, 0.717) is 6.54 Å². The Hall–Kier alpha value is -1.00. The summed E-state index contributed by atoms with van der Waals surface area (Å²) in [6.45, 7) is 0.357. The molecular weight excluding hydrogens is 270 g/mol. The number of nitrogens with one attached hydrogen (secondary N) is 1. The van der Waals surface area contributed by atoms with E-state index >= 15 is 0 Å². The van der Waals surface area contributed by atoms with Crippen molar-refractivity contribution in [2.45, 2.75) is 37.7 Å². The third-order valence-corrected chi connectivity index (χ3v) is 5.51. The van der Waals surface area contributed by atoms with Gasteiger partial charge in [0.25, 0.3) is 5.91 Å². The molecule has 1 aromatic rings. The number of amides is 1. The molecule has 1 atom stereocenters. The summed E-state index contributed by atoms with van der Waals surface area (Å²) < 4.78 is 0. The minimum Gasteiger partial charge on any atom is -0.387 e. The summed E-state index contributed by atoms with van der Waals surface area (Å²) in [4.78, 5) is 12.2. The number of benzene rings is 1. The van der Waals surface area contributed by atoms with Crippen LogP contribution in [0.3, 0.4) is 0 Å². The number of hydrogen-bond donors (Lipinski definition) is 2. The van der Waals surface area contributed by atoms with E-state index in [1.54, 1.807) is 11.8 Å². The molecule has 1 fully saturated rings. The van der Waals surface area contributed by atoms with Crippen molar-refractivity contribution in [3.8, 4) is 0 Å². The lowest BCUT2D eigenvalue weighted by molar-refractivity contribution is 0.0612. The van der Waals surface area contributed by atoms with E-state index in [0.717, 1.165) is 36.3 Å². The number of carbonyl (C=O) groups excluding carboxylic acids is 1. The monoisotopic (exact) mass is 291 g/mol. The maximum atomic E-state index is 12.2. The maximum absolute atomic E-state index is 12.2. The molecule has 0 spiro atoms. The standard InChI is InChI=1S/C16H21NO2S/c18-15(17-10-16(19)7-8-20-11-16)14-6-5-12-3-1-2-4-13(12)9-14/h5-6,9,19H,1-4,7-8,10-11H2,(H,17,18)/t16-/m1/s1. The molecule has 3 nitrogen and oxygen atoms in total. The molecule has 1 heterocycles. The van der Waals surface area contributed by atoms with Crippen LogP contribution in [0.1, 0.15) is 40.7 Å². The first-order valence-corrected chi connectivity index (χ1v) is 8.52. The molecular formula is C16H21NO2S. The SMILES string of the molecule is O=C(NC[C@]1(O)CCSC1)c1ccc2c(c1)CCCC2. The van der Waals surface area contributed by atoms with Gasteiger partial charge in [0, 0.05) is 17.9 Å². The van der Waals surface area contributed by atoms with Crippen LogP contribution in [0.15, 0.2) is 18.2 Å². The summed E-state index contributed by atoms with van der Waals surface area (Å²) in [7, 11) is 0. The van der Waals surface area contributed by atoms with Gasteiger partial charge >= 0.3 is 0 Å². The summed E-state index contributed by atoms with van der Waals surface area (Å²) >= 11 is 1.75. The number of aryl methyl sites for hydroxylation is 2. The number of carbonyl (C=O) groups is 1. The summed E-state index contributed by atoms with van der Waals surface area (Å²) in [6.07, 6.45) is 5.45. The highest BCUT2D eigenvalue weighted by atomic mass is 32.2. The molecule has 0 bridgehead atoms. The number of thioether (sulfide) groups is 1. The second-order valence-electron chi connectivity index (χ2n) is 5.90. The van der Waals surface area contributed by atoms with Gasteiger partial charge in [-0.25, -0.2) is 0 Å². The Labute approximate surface area is 124 Å². The van der Waals surface area contributed by atoms with Gasteiger partial charge in [-0.2, -0.15) is 11.8 Å². The molecule has 1 aliphatic carbocycles. The van der Waals surface area contributed by atoms with Gasteiger partial charge in [0.15, 0.2) is 0 Å². The highest BCUT2D eigenvalue weighted by molar-refractivity contribution is 7.99. The van der Waals surface area contributed by atoms with Crippen LogP contribution in [0.5, 0.6) is 0 Å². The first-order valence-electron chi connectivity index (χ1n) is 7.36. The molecule has 1 aliphatic heterocycles. The smallest absolute Gasteiger partial charge is 0.251 e. The Balaban J connectivity index is 1.65. The normalized spacial score (nSPS) is 25.2. The predicted molar refractivity (Wildman–Crippen MR) is 82.3 cm³/mol. The lowest BCUT2D eigenvalue weighted by Crippen LogP contribution is -2.43. The Morgan fingerprint density at radius 3 is 2.85 bits per heavy atom. The topological polar surface area (TPSA) is 49.3 Å². The second kappa shape index (κ2) is 5.78. The molecule has 108 valence electrons. The molecule has 0 radical (unpaired) electrons. The Kier molecular flexibility index (Phi) is 4.03. The Morgan fingerprint density at radius 2 is 2.10 bits per heavy atom. The van der Waals surface area contributed by atoms with Gasteiger partial charge in [0.2, 0.25) is 0 Å². The fraction of sp³-hybridized carbons (Fsp3) is 0.562. The Bertz CT molecular complexity index is 509. The van der Waals surface area contributed by atoms with Gasteiger partial charge in [0.1, 0.15) is 0 Å². The van der Waals surface area contributed by atoms with Gasteiger partial charge in [-0.1, -0.05) is 6.07 Å². The van der Waals surface area contributed by atoms with Crippen molar-refractivity contribution in [3.05, 3.63) is 34.9 Å². The maximum Gasteiger partial charge on any atom is 0.251 e. The van der Waals surface area contributed by atoms with Gasteiger partial charge < -0.3 is 10.4 Å². The van der Waals surface area contributed by atoms with Crippen LogP contribution in [0.4, 0.5) is 0 Å². The van der Waals surface area contributed by atoms with Crippen LogP contribution in [0.2, 0.25) is 0 Å². The molecule has 2 N–H and O–H groups in total. The third kappa shape index (κ3) is 3.01. The summed E-state index contributed by atoms with van der Waals surface area (Å²) in [6, 6.07) is 6.02. The van der Waals surface area contributed by atoms with Crippen molar-refractivity contribution < 1.29 is 9.90 Å². The number of rotatable bonds is 3. The van der Waals surface area contributed by atoms with Gasteiger partial charge in [-0.05, 0) is 61.1 Å². The zero-order valence-corrected chi connectivity index (χ0v) is 12.5. The van der Waals surface area contributed by atoms with Crippen molar-refractivity contribution >= 4 is 17.7 Å². The van der Waals surface area contributed by atoms with Crippen LogP contribution >= 0.6 is 11.8 Å². The van der Waals surface area contributed by atoms with E-state index in [9.17, 15) is 9.90 Å². The molecule has 0 unspecified atom stereocenters. The number of fused-ring (bicyclic) bond motifs is 1. The van der Waals surface area contributed by atoms with E-state index in [1.807, 2.05) is 12.1 Å². The van der Waals surface area contributed by atoms with Crippen LogP contribution < -0.4 is 5.32 Å². The van der Waals surface area contributed by atoms with Crippen molar-refractivity contribution in [2.24, 2.45) is 0 Å². The van der Waals surface area contributed by atoms with Crippen molar-refractivity contribution in [1.82, 2.24) is 5.32 Å². The fourth-order valence-electron chi connectivity index (χ4n) is 2.96. The number of aliphatic hydroxyl groups is 1. The molecule has 0 saturated carbocycles. The molecule has 20 heavy (non-hydrogen) atoms. The van der Waals surface area contributed by atoms with Gasteiger partial charge in [0.05, 0.1) is 5.60 Å². The first kappa shape index (κ1) is 14.0. The van der Waals surface area contributed by atoms with Crippen molar-refractivity contribution in [3.63, 3.8) is 0 Å². The lowest BCUT2D eigenvalue weighted by atomic mass is 9.90. The minimum absolute atomic E-state index is 0.0660. The van der Waals surface area contributed by atoms with Gasteiger partial charge in [-0.15, -0.1) is 0 Å². The number of hydrogen-bond acceptors (Lipinski definition) is 3. The average molecular weight is 291 g/mol. The van der Waals surface area contributed by atoms with Crippen molar-refractivity contribution in [2.75, 3.05) is 18.1 Å². The van der Waals surface area contributed by atoms with Crippen LogP contribution in [-0.2, 0) is 12.8 Å². The molecule has 1 aromatic carbocycles. The quantitative estimate of drug-likeness (QED) is 0.897. The molecule has 3 rings (SSSR count). The van der Waals surface area contributed by atoms with E-state index in [-0.39, 0.29) is 5.91 Å². The van der Waals surface area contributed by atoms with E-state index in [4.69, 9.17) is 0 Å². The van der Waals surface area contributed by atoms with Crippen LogP contribution in [0, 0.1) is 0 Å². The zero-order valence-electron chi connectivity index (χ0n) is 11.7. The molecule has 1 saturated heterocycles. The highest BCUT2D eigenvalue weighted by Gasteiger charge is 2.32. The summed E-state index contributed by atoms with van der Waals surface area (Å²) in [5, 5.41) is 13.1. The molecule has 2 aliphatic rings. The summed E-state index contributed by atoms with van der Waals surface area (Å²) in [5.41, 5.74) is 2.71. The third-order valence-electron chi connectivity index (χ3n) is 4.27. The molecule has 4 heteroatoms. The van der Waals surface area contributed by atoms with E-state index in [2.05, 4.69) is 11.4 Å². The van der Waals surface area contributed by atoms with E-state index in [1.165, 1.54) is 24.0 Å². The largest absolute Gasteiger partial charge is 0.387 e. The summed E-state index contributed by atoms with van der Waals surface area (Å²) in [5.74, 6) is 1.63. The molecule has 0 aromatic heterocycles. The highest BCUT2D eigenvalue weighted by Crippen LogP contribution is 2.27.